The highest BCUT2D eigenvalue weighted by Gasteiger charge is 2.33. The molecule has 0 aromatic heterocycles. The van der Waals surface area contributed by atoms with Crippen LogP contribution < -0.4 is 0 Å². The van der Waals surface area contributed by atoms with Crippen molar-refractivity contribution in [3.05, 3.63) is 11.6 Å². The number of cyclic esters (lactones) is 1. The molecule has 0 radical (unpaired) electrons. The molecule has 0 aliphatic carbocycles. The quantitative estimate of drug-likeness (QED) is 0.550. The first-order valence-electron chi connectivity index (χ1n) is 2.92. The van der Waals surface area contributed by atoms with Gasteiger partial charge in [0.2, 0.25) is 0 Å². The fourth-order valence-corrected chi connectivity index (χ4v) is 0.754. The molecular formula is C6H5F3O2. The predicted octanol–water partition coefficient (Wildman–Crippen LogP) is 1.42. The van der Waals surface area contributed by atoms with E-state index in [1.807, 2.05) is 0 Å². The van der Waals surface area contributed by atoms with Crippen molar-refractivity contribution in [2.45, 2.75) is 12.6 Å². The van der Waals surface area contributed by atoms with E-state index < -0.39 is 18.6 Å². The van der Waals surface area contributed by atoms with Gasteiger partial charge in [-0.1, -0.05) is 0 Å². The predicted molar refractivity (Wildman–Crippen MR) is 29.7 cm³/mol. The second kappa shape index (κ2) is 2.56. The highest BCUT2D eigenvalue weighted by Crippen LogP contribution is 2.26. The van der Waals surface area contributed by atoms with Gasteiger partial charge in [-0.15, -0.1) is 0 Å². The summed E-state index contributed by atoms with van der Waals surface area (Å²) in [6.45, 7) is -0.0375. The minimum atomic E-state index is -4.32. The molecule has 1 heterocycles. The van der Waals surface area contributed by atoms with Gasteiger partial charge in [0.25, 0.3) is 0 Å². The van der Waals surface area contributed by atoms with Gasteiger partial charge in [0, 0.05) is 5.57 Å². The van der Waals surface area contributed by atoms with Crippen molar-refractivity contribution in [3.8, 4) is 0 Å². The van der Waals surface area contributed by atoms with Gasteiger partial charge in [0.05, 0.1) is 6.42 Å². The summed E-state index contributed by atoms with van der Waals surface area (Å²) in [5.41, 5.74) is -0.294. The minimum Gasteiger partial charge on any atom is -0.458 e. The number of hydrogen-bond donors (Lipinski definition) is 0. The van der Waals surface area contributed by atoms with Crippen LogP contribution in [0, 0.1) is 0 Å². The molecule has 1 aliphatic heterocycles. The number of hydrogen-bond acceptors (Lipinski definition) is 2. The molecular weight excluding hydrogens is 161 g/mol. The van der Waals surface area contributed by atoms with E-state index in [4.69, 9.17) is 0 Å². The molecule has 11 heavy (non-hydrogen) atoms. The van der Waals surface area contributed by atoms with Crippen LogP contribution in [0.15, 0.2) is 11.6 Å². The maximum atomic E-state index is 11.6. The van der Waals surface area contributed by atoms with Gasteiger partial charge in [-0.3, -0.25) is 0 Å². The molecule has 5 heteroatoms. The Kier molecular flexibility index (Phi) is 1.89. The number of rotatable bonds is 1. The maximum Gasteiger partial charge on any atom is 0.393 e. The van der Waals surface area contributed by atoms with Crippen LogP contribution in [0.2, 0.25) is 0 Å². The third-order valence-electron chi connectivity index (χ3n) is 1.20. The van der Waals surface area contributed by atoms with Gasteiger partial charge in [0.1, 0.15) is 6.61 Å². The highest BCUT2D eigenvalue weighted by molar-refractivity contribution is 5.90. The Balaban J connectivity index is 2.56. The van der Waals surface area contributed by atoms with Crippen molar-refractivity contribution >= 4 is 5.97 Å². The number of ether oxygens (including phenoxy) is 1. The maximum absolute atomic E-state index is 11.6. The monoisotopic (exact) mass is 166 g/mol. The summed E-state index contributed by atoms with van der Waals surface area (Å²) in [5, 5.41) is 0. The molecule has 0 bridgehead atoms. The third-order valence-corrected chi connectivity index (χ3v) is 1.20. The number of carbonyl (C=O) groups is 1. The van der Waals surface area contributed by atoms with E-state index >= 15 is 0 Å². The molecule has 0 amide bonds. The van der Waals surface area contributed by atoms with Crippen molar-refractivity contribution in [1.29, 1.82) is 0 Å². The fourth-order valence-electron chi connectivity index (χ4n) is 0.754. The Morgan fingerprint density at radius 1 is 1.55 bits per heavy atom. The largest absolute Gasteiger partial charge is 0.458 e. The Morgan fingerprint density at radius 2 is 2.18 bits per heavy atom. The summed E-state index contributed by atoms with van der Waals surface area (Å²) < 4.78 is 39.2. The van der Waals surface area contributed by atoms with Crippen LogP contribution in [0.5, 0.6) is 0 Å². The zero-order valence-electron chi connectivity index (χ0n) is 5.44. The third kappa shape index (κ3) is 2.25. The summed E-state index contributed by atoms with van der Waals surface area (Å²) in [6, 6.07) is 0. The highest BCUT2D eigenvalue weighted by atomic mass is 19.4. The molecule has 0 spiro atoms. The molecule has 1 rings (SSSR count). The fraction of sp³-hybridized carbons (Fsp3) is 0.500. The molecule has 0 aromatic rings. The second-order valence-electron chi connectivity index (χ2n) is 2.12. The summed E-state index contributed by atoms with van der Waals surface area (Å²) in [7, 11) is 0. The van der Waals surface area contributed by atoms with E-state index in [2.05, 4.69) is 4.74 Å². The lowest BCUT2D eigenvalue weighted by Crippen LogP contribution is -2.12. The Bertz CT molecular complexity index is 204. The lowest BCUT2D eigenvalue weighted by atomic mass is 10.2. The number of halogens is 3. The Labute approximate surface area is 60.6 Å². The smallest absolute Gasteiger partial charge is 0.393 e. The Morgan fingerprint density at radius 3 is 2.55 bits per heavy atom. The lowest BCUT2D eigenvalue weighted by Gasteiger charge is -2.03. The van der Waals surface area contributed by atoms with Crippen LogP contribution >= 0.6 is 0 Å². The van der Waals surface area contributed by atoms with Gasteiger partial charge in [0.15, 0.2) is 0 Å². The summed E-state index contributed by atoms with van der Waals surface area (Å²) in [5.74, 6) is -0.859. The minimum absolute atomic E-state index is 0.0375. The SMILES string of the molecule is O=C1OCC=C1CC(F)(F)F. The molecule has 0 saturated carbocycles. The summed E-state index contributed by atoms with van der Waals surface area (Å²) >= 11 is 0. The molecule has 0 N–H and O–H groups in total. The van der Waals surface area contributed by atoms with Gasteiger partial charge in [-0.2, -0.15) is 13.2 Å². The van der Waals surface area contributed by atoms with Crippen LogP contribution in [0.25, 0.3) is 0 Å². The van der Waals surface area contributed by atoms with E-state index in [-0.39, 0.29) is 12.2 Å². The first-order valence-corrected chi connectivity index (χ1v) is 2.92. The standard InChI is InChI=1S/C6H5F3O2/c7-6(8,9)3-4-1-2-11-5(4)10/h1H,2-3H2. The normalized spacial score (nSPS) is 18.1. The van der Waals surface area contributed by atoms with E-state index in [0.29, 0.717) is 0 Å². The van der Waals surface area contributed by atoms with Crippen LogP contribution in [0.1, 0.15) is 6.42 Å². The molecule has 0 unspecified atom stereocenters. The Hall–Kier alpha value is -1.00. The zero-order chi connectivity index (χ0) is 8.48. The van der Waals surface area contributed by atoms with Crippen molar-refractivity contribution in [2.75, 3.05) is 6.61 Å². The zero-order valence-corrected chi connectivity index (χ0v) is 5.44. The van der Waals surface area contributed by atoms with Crippen LogP contribution in [0.4, 0.5) is 13.2 Å². The van der Waals surface area contributed by atoms with Crippen molar-refractivity contribution in [1.82, 2.24) is 0 Å². The van der Waals surface area contributed by atoms with Crippen LogP contribution in [-0.2, 0) is 9.53 Å². The summed E-state index contributed by atoms with van der Waals surface area (Å²) in [6.07, 6.45) is -4.36. The van der Waals surface area contributed by atoms with E-state index in [0.717, 1.165) is 6.08 Å². The molecule has 0 aromatic carbocycles. The van der Waals surface area contributed by atoms with E-state index in [1.165, 1.54) is 0 Å². The van der Waals surface area contributed by atoms with Crippen LogP contribution in [0.3, 0.4) is 0 Å². The average molecular weight is 166 g/mol. The topological polar surface area (TPSA) is 26.3 Å². The van der Waals surface area contributed by atoms with Gasteiger partial charge < -0.3 is 4.74 Å². The molecule has 2 nitrogen and oxygen atoms in total. The number of esters is 1. The first kappa shape index (κ1) is 8.10. The number of carbonyl (C=O) groups excluding carboxylic acids is 1. The number of alkyl halides is 3. The molecule has 0 fully saturated rings. The molecule has 0 atom stereocenters. The summed E-state index contributed by atoms with van der Waals surface area (Å²) in [4.78, 5) is 10.5. The molecule has 0 saturated heterocycles. The molecule has 1 aliphatic rings. The molecule has 62 valence electrons. The van der Waals surface area contributed by atoms with E-state index in [9.17, 15) is 18.0 Å². The van der Waals surface area contributed by atoms with Crippen molar-refractivity contribution in [3.63, 3.8) is 0 Å². The van der Waals surface area contributed by atoms with Crippen LogP contribution in [-0.4, -0.2) is 18.8 Å². The average Bonchev–Trinajstić information content (AvgIpc) is 2.12. The van der Waals surface area contributed by atoms with Gasteiger partial charge >= 0.3 is 12.1 Å². The van der Waals surface area contributed by atoms with Gasteiger partial charge in [-0.05, 0) is 6.08 Å². The van der Waals surface area contributed by atoms with Crippen molar-refractivity contribution < 1.29 is 22.7 Å². The van der Waals surface area contributed by atoms with E-state index in [1.54, 1.807) is 0 Å². The van der Waals surface area contributed by atoms with Crippen molar-refractivity contribution in [2.24, 2.45) is 0 Å². The lowest BCUT2D eigenvalue weighted by molar-refractivity contribution is -0.144. The second-order valence-corrected chi connectivity index (χ2v) is 2.12. The first-order chi connectivity index (χ1) is 4.99. The van der Waals surface area contributed by atoms with Gasteiger partial charge in [-0.25, -0.2) is 4.79 Å².